The Labute approximate surface area is 564 Å². The van der Waals surface area contributed by atoms with Gasteiger partial charge in [-0.1, -0.05) is 239 Å². The van der Waals surface area contributed by atoms with Crippen LogP contribution in [-0.2, 0) is 33.2 Å². The van der Waals surface area contributed by atoms with E-state index in [1.165, 1.54) is 96.3 Å². The van der Waals surface area contributed by atoms with E-state index in [1.807, 2.05) is 6.08 Å². The van der Waals surface area contributed by atoms with Crippen molar-refractivity contribution >= 4 is 5.91 Å². The van der Waals surface area contributed by atoms with E-state index in [0.29, 0.717) is 12.8 Å². The van der Waals surface area contributed by atoms with Gasteiger partial charge in [0.25, 0.3) is 0 Å². The van der Waals surface area contributed by atoms with Crippen molar-refractivity contribution in [1.29, 1.82) is 0 Å². The zero-order valence-electron chi connectivity index (χ0n) is 57.1. The van der Waals surface area contributed by atoms with Gasteiger partial charge in [0.05, 0.1) is 38.6 Å². The highest BCUT2D eigenvalue weighted by Gasteiger charge is 2.53. The second kappa shape index (κ2) is 55.3. The number of hydrogen-bond acceptors (Lipinski definition) is 18. The maximum absolute atomic E-state index is 13.4. The topological polar surface area (TPSA) is 307 Å². The molecule has 540 valence electrons. The predicted octanol–water partition coefficient (Wildman–Crippen LogP) is 10.2. The molecule has 0 saturated carbocycles. The van der Waals surface area contributed by atoms with Crippen LogP contribution in [0.15, 0.2) is 109 Å². The third-order valence-corrected chi connectivity index (χ3v) is 17.3. The van der Waals surface area contributed by atoms with E-state index in [0.717, 1.165) is 96.3 Å². The summed E-state index contributed by atoms with van der Waals surface area (Å²) in [4.78, 5) is 13.4. The van der Waals surface area contributed by atoms with Gasteiger partial charge in [0.2, 0.25) is 5.91 Å². The Hall–Kier alpha value is -3.55. The lowest BCUT2D eigenvalue weighted by atomic mass is 9.96. The van der Waals surface area contributed by atoms with Gasteiger partial charge in [-0.25, -0.2) is 0 Å². The second-order valence-electron chi connectivity index (χ2n) is 25.3. The molecule has 3 saturated heterocycles. The van der Waals surface area contributed by atoms with Crippen LogP contribution in [0.2, 0.25) is 0 Å². The van der Waals surface area contributed by atoms with E-state index >= 15 is 0 Å². The molecular weight excluding hydrogens is 1200 g/mol. The molecule has 17 atom stereocenters. The lowest BCUT2D eigenvalue weighted by molar-refractivity contribution is -0.379. The summed E-state index contributed by atoms with van der Waals surface area (Å²) in [5.41, 5.74) is 0. The minimum atomic E-state index is -1.99. The fraction of sp³-hybridized carbons (Fsp3) is 0.747. The van der Waals surface area contributed by atoms with Crippen molar-refractivity contribution in [3.8, 4) is 0 Å². The normalized spacial score (nSPS) is 28.0. The molecule has 19 nitrogen and oxygen atoms in total. The summed E-state index contributed by atoms with van der Waals surface area (Å²) in [6.07, 6.45) is 47.7. The number of rotatable bonds is 54. The Kier molecular flexibility index (Phi) is 49.9. The Balaban J connectivity index is 1.45. The molecular formula is C75H127NO18. The zero-order valence-corrected chi connectivity index (χ0v) is 57.1. The van der Waals surface area contributed by atoms with Crippen molar-refractivity contribution in [2.45, 2.75) is 330 Å². The molecule has 0 radical (unpaired) electrons. The number of aliphatic hydroxyl groups excluding tert-OH is 11. The lowest BCUT2D eigenvalue weighted by Crippen LogP contribution is -2.66. The maximum atomic E-state index is 13.4. The monoisotopic (exact) mass is 1330 g/mol. The van der Waals surface area contributed by atoms with Crippen LogP contribution in [-0.4, -0.2) is 193 Å². The molecule has 3 aliphatic rings. The molecule has 0 aromatic rings. The molecule has 3 aliphatic heterocycles. The van der Waals surface area contributed by atoms with Crippen molar-refractivity contribution in [2.75, 3.05) is 26.4 Å². The Morgan fingerprint density at radius 2 is 0.745 bits per heavy atom. The molecule has 17 unspecified atom stereocenters. The second-order valence-corrected chi connectivity index (χ2v) is 25.3. The Morgan fingerprint density at radius 1 is 0.394 bits per heavy atom. The first kappa shape index (κ1) is 84.7. The predicted molar refractivity (Wildman–Crippen MR) is 369 cm³/mol. The van der Waals surface area contributed by atoms with Crippen molar-refractivity contribution < 1.29 is 89.4 Å². The van der Waals surface area contributed by atoms with Gasteiger partial charge in [-0.15, -0.1) is 0 Å². The molecule has 3 heterocycles. The Bertz CT molecular complexity index is 2130. The number of ether oxygens (including phenoxy) is 6. The summed E-state index contributed by atoms with van der Waals surface area (Å²) in [5.74, 6) is -0.308. The largest absolute Gasteiger partial charge is 0.394 e. The minimum absolute atomic E-state index is 0.206. The average molecular weight is 1330 g/mol. The quantitative estimate of drug-likeness (QED) is 0.0199. The van der Waals surface area contributed by atoms with E-state index in [4.69, 9.17) is 28.4 Å². The first-order valence-electron chi connectivity index (χ1n) is 36.1. The lowest BCUT2D eigenvalue weighted by Gasteiger charge is -2.48. The van der Waals surface area contributed by atoms with Gasteiger partial charge in [-0.3, -0.25) is 4.79 Å². The smallest absolute Gasteiger partial charge is 0.220 e. The van der Waals surface area contributed by atoms with Crippen LogP contribution in [0.5, 0.6) is 0 Å². The van der Waals surface area contributed by atoms with E-state index in [2.05, 4.69) is 116 Å². The van der Waals surface area contributed by atoms with E-state index < -0.39 is 124 Å². The first-order chi connectivity index (χ1) is 45.8. The highest BCUT2D eigenvalue weighted by molar-refractivity contribution is 5.76. The van der Waals surface area contributed by atoms with Gasteiger partial charge in [0.1, 0.15) is 73.2 Å². The summed E-state index contributed by atoms with van der Waals surface area (Å²) in [6, 6.07) is -1.01. The zero-order chi connectivity index (χ0) is 68.2. The number of aliphatic hydroxyl groups is 11. The van der Waals surface area contributed by atoms with E-state index in [9.17, 15) is 61.0 Å². The van der Waals surface area contributed by atoms with E-state index in [-0.39, 0.29) is 18.9 Å². The number of allylic oxidation sites excluding steroid dienone is 17. The van der Waals surface area contributed by atoms with Crippen LogP contribution < -0.4 is 5.32 Å². The number of hydrogen-bond donors (Lipinski definition) is 12. The molecule has 0 aromatic heterocycles. The van der Waals surface area contributed by atoms with Crippen molar-refractivity contribution in [2.24, 2.45) is 0 Å². The van der Waals surface area contributed by atoms with Crippen molar-refractivity contribution in [1.82, 2.24) is 5.32 Å². The van der Waals surface area contributed by atoms with Gasteiger partial charge in [-0.2, -0.15) is 0 Å². The van der Waals surface area contributed by atoms with Crippen LogP contribution in [0.25, 0.3) is 0 Å². The van der Waals surface area contributed by atoms with Crippen LogP contribution in [0, 0.1) is 0 Å². The number of carbonyl (C=O) groups excluding carboxylic acids is 1. The highest BCUT2D eigenvalue weighted by atomic mass is 16.8. The number of carbonyl (C=O) groups is 1. The summed E-state index contributed by atoms with van der Waals surface area (Å²) in [5, 5.41) is 121. The summed E-state index contributed by atoms with van der Waals surface area (Å²) >= 11 is 0. The van der Waals surface area contributed by atoms with Crippen molar-refractivity contribution in [3.63, 3.8) is 0 Å². The molecule has 0 spiro atoms. The Morgan fingerprint density at radius 3 is 1.19 bits per heavy atom. The maximum Gasteiger partial charge on any atom is 0.220 e. The number of amides is 1. The summed E-state index contributed by atoms with van der Waals surface area (Å²) in [7, 11) is 0. The molecule has 12 N–H and O–H groups in total. The van der Waals surface area contributed by atoms with E-state index in [1.54, 1.807) is 6.08 Å². The summed E-state index contributed by atoms with van der Waals surface area (Å²) < 4.78 is 34.3. The van der Waals surface area contributed by atoms with Gasteiger partial charge < -0.3 is 89.9 Å². The van der Waals surface area contributed by atoms with Crippen LogP contribution in [0.1, 0.15) is 226 Å². The summed E-state index contributed by atoms with van der Waals surface area (Å²) in [6.45, 7) is 1.58. The minimum Gasteiger partial charge on any atom is -0.394 e. The van der Waals surface area contributed by atoms with Gasteiger partial charge >= 0.3 is 0 Å². The van der Waals surface area contributed by atoms with Gasteiger partial charge in [-0.05, 0) is 89.9 Å². The highest BCUT2D eigenvalue weighted by Crippen LogP contribution is 2.33. The van der Waals surface area contributed by atoms with Crippen molar-refractivity contribution in [3.05, 3.63) is 109 Å². The van der Waals surface area contributed by atoms with Gasteiger partial charge in [0.15, 0.2) is 18.9 Å². The fourth-order valence-electron chi connectivity index (χ4n) is 11.5. The van der Waals surface area contributed by atoms with Crippen LogP contribution >= 0.6 is 0 Å². The molecule has 0 aliphatic carbocycles. The average Bonchev–Trinajstić information content (AvgIpc) is 0.787. The van der Waals surface area contributed by atoms with Crippen LogP contribution in [0.3, 0.4) is 0 Å². The standard InChI is InChI=1S/C75H127NO18/c1-3-5-7-9-11-13-15-17-19-21-23-25-27-28-29-30-31-33-35-37-39-41-43-45-47-49-51-53-63(81)76-58(59(80)52-50-48-46-44-42-40-38-36-34-32-26-24-22-20-18-16-14-12-10-8-6-4-2)57-89-73-69(87)66(84)71(61(55-78)91-73)94-75-70(88)67(85)72(62(56-79)92-75)93-74-68(86)65(83)64(82)60(54-77)90-74/h5,7,11,13,17,19,23,25,28-29,31,33,37,39,42,44,50,52,58-62,64-75,77-80,82-88H,3-4,6,8-10,12,14-16,18,20-22,24,26-27,30,32,34-36,38,40-41,43,45-49,51,53-57H2,1-2H3,(H,76,81)/b7-5-,13-11-,19-17-,25-23-,29-28-,33-31-,39-37-,44-42+,52-50+. The first-order valence-corrected chi connectivity index (χ1v) is 36.1. The number of unbranched alkanes of at least 4 members (excludes halogenated alkanes) is 22. The SMILES string of the molecule is CC/C=C\C/C=C\C/C=C\C/C=C\C/C=C\C/C=C\C/C=C\CCCCCCCC(=O)NC(COC1OC(CO)C(OC2OC(CO)C(OC3OC(CO)C(O)C(O)C3O)C(O)C2O)C(O)C1O)C(O)/C=C/CC/C=C/CCCCCCCCCCCCCCCCCC. The molecule has 3 rings (SSSR count). The number of nitrogens with one attached hydrogen (secondary N) is 1. The molecule has 0 bridgehead atoms. The molecule has 0 aromatic carbocycles. The molecule has 19 heteroatoms. The van der Waals surface area contributed by atoms with Crippen LogP contribution in [0.4, 0.5) is 0 Å². The molecule has 3 fully saturated rings. The third-order valence-electron chi connectivity index (χ3n) is 17.3. The third kappa shape index (κ3) is 36.3. The molecule has 1 amide bonds. The van der Waals surface area contributed by atoms with Gasteiger partial charge in [0, 0.05) is 6.42 Å². The fourth-order valence-corrected chi connectivity index (χ4v) is 11.5. The molecule has 94 heavy (non-hydrogen) atoms.